The Morgan fingerprint density at radius 3 is 2.31 bits per heavy atom. The lowest BCUT2D eigenvalue weighted by Gasteiger charge is -2.42. The van der Waals surface area contributed by atoms with Crippen LogP contribution in [0.3, 0.4) is 0 Å². The van der Waals surface area contributed by atoms with Gasteiger partial charge < -0.3 is 10.2 Å². The predicted molar refractivity (Wildman–Crippen MR) is 62.9 cm³/mol. The third-order valence-corrected chi connectivity index (χ3v) is 4.61. The van der Waals surface area contributed by atoms with Crippen molar-refractivity contribution in [2.45, 2.75) is 26.7 Å². The molecule has 2 saturated heterocycles. The topological polar surface area (TPSA) is 32.3 Å². The maximum absolute atomic E-state index is 12.3. The minimum absolute atomic E-state index is 0.280. The van der Waals surface area contributed by atoms with Crippen molar-refractivity contribution in [3.05, 3.63) is 0 Å². The fraction of sp³-hybridized carbons (Fsp3) is 0.923. The zero-order valence-corrected chi connectivity index (χ0v) is 10.3. The van der Waals surface area contributed by atoms with Crippen LogP contribution in [0.1, 0.15) is 26.7 Å². The van der Waals surface area contributed by atoms with Crippen LogP contribution in [-0.4, -0.2) is 37.0 Å². The molecular formula is C13H22N2O. The first-order chi connectivity index (χ1) is 7.56. The zero-order valence-electron chi connectivity index (χ0n) is 10.3. The second-order valence-corrected chi connectivity index (χ2v) is 6.61. The van der Waals surface area contributed by atoms with E-state index < -0.39 is 0 Å². The average molecular weight is 222 g/mol. The molecule has 3 rings (SSSR count). The Bertz CT molecular complexity index is 301. The van der Waals surface area contributed by atoms with Gasteiger partial charge in [0, 0.05) is 19.0 Å². The van der Waals surface area contributed by atoms with Crippen molar-refractivity contribution in [2.75, 3.05) is 26.2 Å². The first kappa shape index (κ1) is 10.6. The lowest BCUT2D eigenvalue weighted by Crippen LogP contribution is -2.53. The van der Waals surface area contributed by atoms with Crippen LogP contribution in [0.2, 0.25) is 0 Å². The minimum Gasteiger partial charge on any atom is -0.342 e. The van der Waals surface area contributed by atoms with Crippen molar-refractivity contribution in [3.8, 4) is 0 Å². The zero-order chi connectivity index (χ0) is 11.3. The standard InChI is InChI=1S/C13H22N2O/c1-13(2)4-11(13)12(16)15-7-9-3-10(8-15)6-14-5-9/h9-11,14H,3-8H2,1-2H3. The van der Waals surface area contributed by atoms with E-state index in [-0.39, 0.29) is 5.41 Å². The molecule has 3 fully saturated rings. The van der Waals surface area contributed by atoms with Crippen LogP contribution < -0.4 is 5.32 Å². The number of carbonyl (C=O) groups excluding carboxylic acids is 1. The van der Waals surface area contributed by atoms with Crippen molar-refractivity contribution in [1.82, 2.24) is 10.2 Å². The summed E-state index contributed by atoms with van der Waals surface area (Å²) in [6.45, 7) is 8.62. The normalized spacial score (nSPS) is 40.6. The molecule has 3 atom stereocenters. The summed E-state index contributed by atoms with van der Waals surface area (Å²) in [5.74, 6) is 2.16. The number of nitrogens with zero attached hydrogens (tertiary/aromatic N) is 1. The molecule has 3 nitrogen and oxygen atoms in total. The van der Waals surface area contributed by atoms with Crippen LogP contribution in [0.25, 0.3) is 0 Å². The highest BCUT2D eigenvalue weighted by Gasteiger charge is 2.52. The molecule has 3 aliphatic rings. The lowest BCUT2D eigenvalue weighted by molar-refractivity contribution is -0.136. The molecule has 1 aliphatic carbocycles. The first-order valence-electron chi connectivity index (χ1n) is 6.56. The van der Waals surface area contributed by atoms with E-state index in [4.69, 9.17) is 0 Å². The molecule has 1 N–H and O–H groups in total. The third-order valence-electron chi connectivity index (χ3n) is 4.61. The number of likely N-dealkylation sites (tertiary alicyclic amines) is 1. The SMILES string of the molecule is CC1(C)CC1C(=O)N1CC2CNCC(C2)C1. The van der Waals surface area contributed by atoms with Crippen molar-refractivity contribution >= 4 is 5.91 Å². The van der Waals surface area contributed by atoms with Crippen molar-refractivity contribution in [3.63, 3.8) is 0 Å². The molecule has 3 heteroatoms. The number of nitrogens with one attached hydrogen (secondary N) is 1. The van der Waals surface area contributed by atoms with Crippen LogP contribution >= 0.6 is 0 Å². The Balaban J connectivity index is 1.65. The van der Waals surface area contributed by atoms with E-state index in [1.165, 1.54) is 6.42 Å². The molecule has 0 aromatic carbocycles. The van der Waals surface area contributed by atoms with Crippen molar-refractivity contribution in [1.29, 1.82) is 0 Å². The molecule has 0 aromatic rings. The van der Waals surface area contributed by atoms with E-state index in [1.54, 1.807) is 0 Å². The largest absolute Gasteiger partial charge is 0.342 e. The highest BCUT2D eigenvalue weighted by Crippen LogP contribution is 2.52. The van der Waals surface area contributed by atoms with Crippen LogP contribution in [-0.2, 0) is 4.79 Å². The molecule has 1 amide bonds. The third kappa shape index (κ3) is 1.75. The molecule has 1 saturated carbocycles. The smallest absolute Gasteiger partial charge is 0.226 e. The van der Waals surface area contributed by atoms with E-state index in [0.29, 0.717) is 23.7 Å². The Hall–Kier alpha value is -0.570. The Labute approximate surface area is 97.6 Å². The highest BCUT2D eigenvalue weighted by molar-refractivity contribution is 5.82. The lowest BCUT2D eigenvalue weighted by atomic mass is 9.85. The van der Waals surface area contributed by atoms with Crippen molar-refractivity contribution in [2.24, 2.45) is 23.2 Å². The van der Waals surface area contributed by atoms with Gasteiger partial charge in [-0.3, -0.25) is 4.79 Å². The molecule has 16 heavy (non-hydrogen) atoms. The monoisotopic (exact) mass is 222 g/mol. The van der Waals surface area contributed by atoms with Gasteiger partial charge in [-0.2, -0.15) is 0 Å². The second-order valence-electron chi connectivity index (χ2n) is 6.61. The van der Waals surface area contributed by atoms with Gasteiger partial charge >= 0.3 is 0 Å². The van der Waals surface area contributed by atoms with Gasteiger partial charge in [-0.05, 0) is 43.2 Å². The molecule has 2 aliphatic heterocycles. The molecule has 0 radical (unpaired) electrons. The van der Waals surface area contributed by atoms with Gasteiger partial charge in [-0.15, -0.1) is 0 Å². The second kappa shape index (κ2) is 3.46. The number of piperidine rings is 2. The molecule has 0 aromatic heterocycles. The van der Waals surface area contributed by atoms with Gasteiger partial charge in [-0.1, -0.05) is 13.8 Å². The number of hydrogen-bond acceptors (Lipinski definition) is 2. The number of amides is 1. The average Bonchev–Trinajstić information content (AvgIpc) is 2.86. The van der Waals surface area contributed by atoms with Gasteiger partial charge in [-0.25, -0.2) is 0 Å². The summed E-state index contributed by atoms with van der Waals surface area (Å²) in [7, 11) is 0. The Kier molecular flexibility index (Phi) is 2.29. The van der Waals surface area contributed by atoms with E-state index in [0.717, 1.165) is 32.6 Å². The summed E-state index contributed by atoms with van der Waals surface area (Å²) >= 11 is 0. The Morgan fingerprint density at radius 1 is 1.25 bits per heavy atom. The highest BCUT2D eigenvalue weighted by atomic mass is 16.2. The van der Waals surface area contributed by atoms with E-state index in [2.05, 4.69) is 24.1 Å². The van der Waals surface area contributed by atoms with Crippen LogP contribution in [0, 0.1) is 23.2 Å². The van der Waals surface area contributed by atoms with Gasteiger partial charge in [0.2, 0.25) is 5.91 Å². The van der Waals surface area contributed by atoms with E-state index in [1.807, 2.05) is 0 Å². The summed E-state index contributed by atoms with van der Waals surface area (Å²) < 4.78 is 0. The van der Waals surface area contributed by atoms with Gasteiger partial charge in [0.05, 0.1) is 0 Å². The molecule has 2 bridgehead atoms. The van der Waals surface area contributed by atoms with Gasteiger partial charge in [0.25, 0.3) is 0 Å². The van der Waals surface area contributed by atoms with Gasteiger partial charge in [0.1, 0.15) is 0 Å². The van der Waals surface area contributed by atoms with Crippen LogP contribution in [0.15, 0.2) is 0 Å². The number of hydrogen-bond donors (Lipinski definition) is 1. The van der Waals surface area contributed by atoms with Crippen LogP contribution in [0.5, 0.6) is 0 Å². The maximum Gasteiger partial charge on any atom is 0.226 e. The summed E-state index contributed by atoms with van der Waals surface area (Å²) in [5, 5.41) is 3.47. The minimum atomic E-state index is 0.280. The quantitative estimate of drug-likeness (QED) is 0.720. The van der Waals surface area contributed by atoms with Gasteiger partial charge in [0.15, 0.2) is 0 Å². The fourth-order valence-corrected chi connectivity index (χ4v) is 3.39. The number of carbonyl (C=O) groups is 1. The predicted octanol–water partition coefficient (Wildman–Crippen LogP) is 1.10. The van der Waals surface area contributed by atoms with E-state index >= 15 is 0 Å². The molecule has 2 heterocycles. The molecule has 0 spiro atoms. The maximum atomic E-state index is 12.3. The summed E-state index contributed by atoms with van der Waals surface area (Å²) in [5.41, 5.74) is 0.280. The van der Waals surface area contributed by atoms with Crippen molar-refractivity contribution < 1.29 is 4.79 Å². The summed E-state index contributed by atoms with van der Waals surface area (Å²) in [6, 6.07) is 0. The summed E-state index contributed by atoms with van der Waals surface area (Å²) in [4.78, 5) is 14.5. The first-order valence-corrected chi connectivity index (χ1v) is 6.56. The van der Waals surface area contributed by atoms with E-state index in [9.17, 15) is 4.79 Å². The molecular weight excluding hydrogens is 200 g/mol. The molecule has 90 valence electrons. The summed E-state index contributed by atoms with van der Waals surface area (Å²) in [6.07, 6.45) is 2.42. The number of rotatable bonds is 1. The van der Waals surface area contributed by atoms with Crippen LogP contribution in [0.4, 0.5) is 0 Å². The Morgan fingerprint density at radius 2 is 1.81 bits per heavy atom. The molecule has 3 unspecified atom stereocenters. The number of fused-ring (bicyclic) bond motifs is 2. The fourth-order valence-electron chi connectivity index (χ4n) is 3.39.